The predicted molar refractivity (Wildman–Crippen MR) is 128 cm³/mol. The summed E-state index contributed by atoms with van der Waals surface area (Å²) in [6.45, 7) is 0.696. The van der Waals surface area contributed by atoms with Crippen molar-refractivity contribution in [2.75, 3.05) is 50.1 Å². The van der Waals surface area contributed by atoms with Crippen LogP contribution in [0.2, 0.25) is 0 Å². The highest BCUT2D eigenvalue weighted by Crippen LogP contribution is 2.28. The van der Waals surface area contributed by atoms with E-state index in [4.69, 9.17) is 10.00 Å². The monoisotopic (exact) mass is 484 g/mol. The van der Waals surface area contributed by atoms with Gasteiger partial charge in [-0.3, -0.25) is 9.69 Å². The lowest BCUT2D eigenvalue weighted by Gasteiger charge is -2.30. The second-order valence-corrected chi connectivity index (χ2v) is 10.2. The number of nitrogens with zero attached hydrogens (tertiary/aromatic N) is 4. The molecule has 1 fully saturated rings. The molecule has 3 rings (SSSR count). The Morgan fingerprint density at radius 3 is 2.35 bits per heavy atom. The lowest BCUT2D eigenvalue weighted by Crippen LogP contribution is -2.35. The summed E-state index contributed by atoms with van der Waals surface area (Å²) in [5, 5.41) is 9.12. The summed E-state index contributed by atoms with van der Waals surface area (Å²) in [4.78, 5) is 29.1. The summed E-state index contributed by atoms with van der Waals surface area (Å²) in [5.74, 6) is -1.35. The summed E-state index contributed by atoms with van der Waals surface area (Å²) in [5.41, 5.74) is 1.18. The molecule has 10 heteroatoms. The molecule has 0 saturated carbocycles. The zero-order chi connectivity index (χ0) is 24.7. The van der Waals surface area contributed by atoms with Crippen molar-refractivity contribution in [3.63, 3.8) is 0 Å². The summed E-state index contributed by atoms with van der Waals surface area (Å²) < 4.78 is 31.7. The largest absolute Gasteiger partial charge is 0.452 e. The standard InChI is InChI=1S/C24H28N4O5S/c1-26(2)34(31,32)20-11-12-22(27-14-7-4-8-15-27)21(17-20)24(30)33-18-23(29)28(16-13-25)19-9-5-3-6-10-19/h3,5-6,9-12,17H,4,7-8,14-16,18H2,1-2H3. The van der Waals surface area contributed by atoms with Gasteiger partial charge in [-0.1, -0.05) is 18.2 Å². The van der Waals surface area contributed by atoms with Crippen LogP contribution in [0.15, 0.2) is 53.4 Å². The fraction of sp³-hybridized carbons (Fsp3) is 0.375. The van der Waals surface area contributed by atoms with Gasteiger partial charge >= 0.3 is 5.97 Å². The number of piperidine rings is 1. The number of carbonyl (C=O) groups excluding carboxylic acids is 2. The third-order valence-electron chi connectivity index (χ3n) is 5.59. The van der Waals surface area contributed by atoms with Crippen molar-refractivity contribution < 1.29 is 22.7 Å². The molecular weight excluding hydrogens is 456 g/mol. The number of esters is 1. The zero-order valence-electron chi connectivity index (χ0n) is 19.3. The van der Waals surface area contributed by atoms with Crippen LogP contribution < -0.4 is 9.80 Å². The van der Waals surface area contributed by atoms with Gasteiger partial charge in [0.15, 0.2) is 6.61 Å². The number of para-hydroxylation sites is 1. The normalized spacial score (nSPS) is 13.9. The summed E-state index contributed by atoms with van der Waals surface area (Å²) in [6.07, 6.45) is 3.02. The number of sulfonamides is 1. The number of ether oxygens (including phenoxy) is 1. The summed E-state index contributed by atoms with van der Waals surface area (Å²) in [6, 6.07) is 15.0. The molecule has 1 amide bonds. The average Bonchev–Trinajstić information content (AvgIpc) is 2.86. The van der Waals surface area contributed by atoms with E-state index < -0.39 is 28.5 Å². The number of hydrogen-bond acceptors (Lipinski definition) is 7. The number of nitriles is 1. The Labute approximate surface area is 200 Å². The van der Waals surface area contributed by atoms with E-state index in [1.165, 1.54) is 31.1 Å². The molecule has 0 radical (unpaired) electrons. The Hall–Kier alpha value is -3.42. The molecule has 0 unspecified atom stereocenters. The van der Waals surface area contributed by atoms with E-state index in [0.29, 0.717) is 11.4 Å². The Bertz CT molecular complexity index is 1170. The Morgan fingerprint density at radius 1 is 1.06 bits per heavy atom. The molecule has 2 aromatic rings. The minimum absolute atomic E-state index is 0.0353. The minimum Gasteiger partial charge on any atom is -0.452 e. The first-order valence-corrected chi connectivity index (χ1v) is 12.4. The minimum atomic E-state index is -3.77. The van der Waals surface area contributed by atoms with E-state index in [2.05, 4.69) is 0 Å². The van der Waals surface area contributed by atoms with Crippen LogP contribution in [-0.2, 0) is 19.6 Å². The van der Waals surface area contributed by atoms with Gasteiger partial charge in [0.2, 0.25) is 10.0 Å². The van der Waals surface area contributed by atoms with Crippen molar-refractivity contribution in [1.82, 2.24) is 4.31 Å². The predicted octanol–water partition coefficient (Wildman–Crippen LogP) is 2.64. The van der Waals surface area contributed by atoms with Gasteiger partial charge in [0, 0.05) is 32.9 Å². The SMILES string of the molecule is CN(C)S(=O)(=O)c1ccc(N2CCCCC2)c(C(=O)OCC(=O)N(CC#N)c2ccccc2)c1. The van der Waals surface area contributed by atoms with Crippen LogP contribution in [0, 0.1) is 11.3 Å². The molecule has 9 nitrogen and oxygen atoms in total. The van der Waals surface area contributed by atoms with Gasteiger partial charge in [-0.2, -0.15) is 5.26 Å². The average molecular weight is 485 g/mol. The fourth-order valence-electron chi connectivity index (χ4n) is 3.75. The van der Waals surface area contributed by atoms with Gasteiger partial charge in [0.25, 0.3) is 5.91 Å². The topological polar surface area (TPSA) is 111 Å². The molecule has 34 heavy (non-hydrogen) atoms. The van der Waals surface area contributed by atoms with Gasteiger partial charge in [-0.15, -0.1) is 0 Å². The van der Waals surface area contributed by atoms with Crippen LogP contribution >= 0.6 is 0 Å². The Morgan fingerprint density at radius 2 is 1.74 bits per heavy atom. The second kappa shape index (κ2) is 11.1. The molecule has 1 aliphatic rings. The van der Waals surface area contributed by atoms with Crippen LogP contribution in [0.3, 0.4) is 0 Å². The van der Waals surface area contributed by atoms with Crippen molar-refractivity contribution in [2.45, 2.75) is 24.2 Å². The Kier molecular flexibility index (Phi) is 8.26. The van der Waals surface area contributed by atoms with E-state index in [9.17, 15) is 18.0 Å². The van der Waals surface area contributed by atoms with Gasteiger partial charge in [-0.05, 0) is 49.6 Å². The second-order valence-electron chi connectivity index (χ2n) is 8.06. The van der Waals surface area contributed by atoms with Gasteiger partial charge < -0.3 is 9.64 Å². The maximum Gasteiger partial charge on any atom is 0.340 e. The van der Waals surface area contributed by atoms with Crippen LogP contribution in [0.4, 0.5) is 11.4 Å². The van der Waals surface area contributed by atoms with Crippen LogP contribution in [-0.4, -0.2) is 64.9 Å². The highest BCUT2D eigenvalue weighted by atomic mass is 32.2. The van der Waals surface area contributed by atoms with Gasteiger partial charge in [-0.25, -0.2) is 17.5 Å². The summed E-state index contributed by atoms with van der Waals surface area (Å²) >= 11 is 0. The lowest BCUT2D eigenvalue weighted by molar-refractivity contribution is -0.121. The first-order chi connectivity index (χ1) is 16.3. The molecule has 0 N–H and O–H groups in total. The maximum atomic E-state index is 13.1. The van der Waals surface area contributed by atoms with Crippen molar-refractivity contribution in [2.24, 2.45) is 0 Å². The highest BCUT2D eigenvalue weighted by molar-refractivity contribution is 7.89. The quantitative estimate of drug-likeness (QED) is 0.418. The van der Waals surface area contributed by atoms with E-state index in [1.807, 2.05) is 11.0 Å². The maximum absolute atomic E-state index is 13.1. The van der Waals surface area contributed by atoms with Crippen molar-refractivity contribution in [3.05, 3.63) is 54.1 Å². The fourth-order valence-corrected chi connectivity index (χ4v) is 4.67. The van der Waals surface area contributed by atoms with Crippen molar-refractivity contribution in [1.29, 1.82) is 5.26 Å². The lowest BCUT2D eigenvalue weighted by atomic mass is 10.1. The summed E-state index contributed by atoms with van der Waals surface area (Å²) in [7, 11) is -0.943. The highest BCUT2D eigenvalue weighted by Gasteiger charge is 2.26. The molecule has 1 saturated heterocycles. The Balaban J connectivity index is 1.86. The van der Waals surface area contributed by atoms with Gasteiger partial charge in [0.1, 0.15) is 6.54 Å². The number of hydrogen-bond donors (Lipinski definition) is 0. The number of carbonyl (C=O) groups is 2. The molecule has 180 valence electrons. The van der Waals surface area contributed by atoms with Gasteiger partial charge in [0.05, 0.1) is 22.2 Å². The van der Waals surface area contributed by atoms with Crippen LogP contribution in [0.25, 0.3) is 0 Å². The molecular formula is C24H28N4O5S. The molecule has 0 bridgehead atoms. The first kappa shape index (κ1) is 25.2. The van der Waals surface area contributed by atoms with Crippen LogP contribution in [0.1, 0.15) is 29.6 Å². The van der Waals surface area contributed by atoms with E-state index >= 15 is 0 Å². The van der Waals surface area contributed by atoms with E-state index in [-0.39, 0.29) is 17.0 Å². The number of rotatable bonds is 8. The first-order valence-electron chi connectivity index (χ1n) is 11.0. The zero-order valence-corrected chi connectivity index (χ0v) is 20.1. The molecule has 2 aromatic carbocycles. The van der Waals surface area contributed by atoms with E-state index in [0.717, 1.165) is 36.7 Å². The van der Waals surface area contributed by atoms with Crippen LogP contribution in [0.5, 0.6) is 0 Å². The van der Waals surface area contributed by atoms with E-state index in [1.54, 1.807) is 36.4 Å². The molecule has 1 aliphatic heterocycles. The number of benzene rings is 2. The number of amides is 1. The van der Waals surface area contributed by atoms with Crippen molar-refractivity contribution >= 4 is 33.3 Å². The number of anilines is 2. The third-order valence-corrected chi connectivity index (χ3v) is 7.40. The molecule has 0 atom stereocenters. The molecule has 1 heterocycles. The van der Waals surface area contributed by atoms with Crippen molar-refractivity contribution in [3.8, 4) is 6.07 Å². The molecule has 0 spiro atoms. The third kappa shape index (κ3) is 5.73. The molecule has 0 aromatic heterocycles. The molecule has 0 aliphatic carbocycles. The smallest absolute Gasteiger partial charge is 0.340 e.